The quantitative estimate of drug-likeness (QED) is 0.314. The number of thiocarbonyl (C=S) groups is 1. The molecule has 0 aromatic heterocycles. The second-order valence-corrected chi connectivity index (χ2v) is 7.80. The van der Waals surface area contributed by atoms with Crippen molar-refractivity contribution >= 4 is 57.6 Å². The summed E-state index contributed by atoms with van der Waals surface area (Å²) in [6.45, 7) is -0.0274. The zero-order valence-corrected chi connectivity index (χ0v) is 16.8. The molecule has 0 spiro atoms. The minimum atomic E-state index is -0.678. The second-order valence-electron chi connectivity index (χ2n) is 6.12. The van der Waals surface area contributed by atoms with Crippen LogP contribution < -0.4 is 10.4 Å². The van der Waals surface area contributed by atoms with Crippen LogP contribution in [-0.2, 0) is 9.59 Å². The van der Waals surface area contributed by atoms with E-state index in [9.17, 15) is 29.2 Å². The van der Waals surface area contributed by atoms with Crippen molar-refractivity contribution in [2.75, 3.05) is 11.9 Å². The van der Waals surface area contributed by atoms with E-state index in [4.69, 9.17) is 12.2 Å². The molecule has 0 bridgehead atoms. The minimum absolute atomic E-state index is 0.0274. The monoisotopic (exact) mass is 446 g/mol. The smallest absolute Gasteiger partial charge is 0.271 e. The molecule has 0 unspecified atom stereocenters. The summed E-state index contributed by atoms with van der Waals surface area (Å²) < 4.78 is 13.3. The van der Waals surface area contributed by atoms with Crippen LogP contribution in [0.3, 0.4) is 0 Å². The fraction of sp³-hybridized carbons (Fsp3) is 0.105. The molecule has 0 atom stereocenters. The van der Waals surface area contributed by atoms with Crippen LogP contribution in [0.1, 0.15) is 12.0 Å². The Bertz CT molecular complexity index is 1070. The van der Waals surface area contributed by atoms with Crippen LogP contribution in [0.2, 0.25) is 0 Å². The van der Waals surface area contributed by atoms with Crippen LogP contribution in [-0.4, -0.2) is 32.5 Å². The van der Waals surface area contributed by atoms with Gasteiger partial charge < -0.3 is 10.4 Å². The molecule has 1 aliphatic heterocycles. The van der Waals surface area contributed by atoms with Crippen molar-refractivity contribution in [3.8, 4) is 5.75 Å². The molecule has 1 heterocycles. The van der Waals surface area contributed by atoms with Gasteiger partial charge in [0, 0.05) is 30.8 Å². The number of nitro groups is 1. The van der Waals surface area contributed by atoms with Gasteiger partial charge in [-0.1, -0.05) is 47.9 Å². The van der Waals surface area contributed by atoms with Crippen LogP contribution in [0.5, 0.6) is 5.75 Å². The number of anilines is 1. The van der Waals surface area contributed by atoms with E-state index in [0.29, 0.717) is 10.5 Å². The van der Waals surface area contributed by atoms with Gasteiger partial charge in [0.15, 0.2) is 0 Å². The van der Waals surface area contributed by atoms with Crippen molar-refractivity contribution < 1.29 is 24.0 Å². The molecule has 1 aliphatic rings. The van der Waals surface area contributed by atoms with Gasteiger partial charge in [-0.25, -0.2) is 4.39 Å². The van der Waals surface area contributed by atoms with Gasteiger partial charge in [-0.2, -0.15) is 0 Å². The van der Waals surface area contributed by atoms with Crippen LogP contribution in [0.4, 0.5) is 15.8 Å². The largest absolute Gasteiger partial charge is 0.871 e. The summed E-state index contributed by atoms with van der Waals surface area (Å²) in [5.74, 6) is -1.94. The molecule has 154 valence electrons. The SMILES string of the molecule is O=C(CCN1C(=O)/C(=C\c2ccc(F)cc2)SC1=S)Nc1cc([N+](=O)[O-])ccc1[O-]. The highest BCUT2D eigenvalue weighted by Crippen LogP contribution is 2.33. The molecule has 30 heavy (non-hydrogen) atoms. The Hall–Kier alpha value is -3.31. The number of hydrogen-bond donors (Lipinski definition) is 1. The molecule has 1 fully saturated rings. The Morgan fingerprint density at radius 3 is 2.63 bits per heavy atom. The maximum Gasteiger partial charge on any atom is 0.271 e. The van der Waals surface area contributed by atoms with Crippen molar-refractivity contribution in [2.24, 2.45) is 0 Å². The highest BCUT2D eigenvalue weighted by Gasteiger charge is 2.32. The van der Waals surface area contributed by atoms with E-state index in [2.05, 4.69) is 5.32 Å². The van der Waals surface area contributed by atoms with E-state index in [0.717, 1.165) is 30.0 Å². The Labute approximate surface area is 179 Å². The van der Waals surface area contributed by atoms with Gasteiger partial charge in [-0.3, -0.25) is 24.6 Å². The van der Waals surface area contributed by atoms with Crippen molar-refractivity contribution in [1.82, 2.24) is 4.90 Å². The molecule has 2 aromatic carbocycles. The first-order valence-electron chi connectivity index (χ1n) is 8.51. The molecule has 8 nitrogen and oxygen atoms in total. The number of thioether (sulfide) groups is 1. The number of nitrogens with one attached hydrogen (secondary N) is 1. The van der Waals surface area contributed by atoms with Gasteiger partial charge in [0.1, 0.15) is 10.1 Å². The van der Waals surface area contributed by atoms with E-state index < -0.39 is 22.4 Å². The highest BCUT2D eigenvalue weighted by atomic mass is 32.2. The molecule has 0 radical (unpaired) electrons. The lowest BCUT2D eigenvalue weighted by Gasteiger charge is -2.16. The molecule has 2 amide bonds. The van der Waals surface area contributed by atoms with E-state index >= 15 is 0 Å². The molecule has 0 aliphatic carbocycles. The second kappa shape index (κ2) is 9.01. The fourth-order valence-corrected chi connectivity index (χ4v) is 3.87. The van der Waals surface area contributed by atoms with Gasteiger partial charge in [0.2, 0.25) is 5.91 Å². The zero-order chi connectivity index (χ0) is 21.8. The highest BCUT2D eigenvalue weighted by molar-refractivity contribution is 8.26. The average molecular weight is 446 g/mol. The van der Waals surface area contributed by atoms with Crippen LogP contribution in [0.25, 0.3) is 6.08 Å². The van der Waals surface area contributed by atoms with Gasteiger partial charge in [0.05, 0.1) is 9.83 Å². The predicted molar refractivity (Wildman–Crippen MR) is 112 cm³/mol. The number of non-ortho nitro benzene ring substituents is 1. The van der Waals surface area contributed by atoms with Crippen LogP contribution in [0.15, 0.2) is 47.4 Å². The van der Waals surface area contributed by atoms with Gasteiger partial charge in [-0.05, 0) is 23.8 Å². The summed E-state index contributed by atoms with van der Waals surface area (Å²) in [6.07, 6.45) is 1.41. The van der Waals surface area contributed by atoms with Gasteiger partial charge >= 0.3 is 0 Å². The Morgan fingerprint density at radius 2 is 1.97 bits per heavy atom. The van der Waals surface area contributed by atoms with Crippen LogP contribution in [0, 0.1) is 15.9 Å². The number of nitro benzene ring substituents is 1. The third-order valence-corrected chi connectivity index (χ3v) is 5.43. The summed E-state index contributed by atoms with van der Waals surface area (Å²) in [7, 11) is 0. The predicted octanol–water partition coefficient (Wildman–Crippen LogP) is 3.04. The van der Waals surface area contributed by atoms with Gasteiger partial charge in [0.25, 0.3) is 11.6 Å². The maximum absolute atomic E-state index is 13.0. The first-order chi connectivity index (χ1) is 14.2. The van der Waals surface area contributed by atoms with E-state index in [1.54, 1.807) is 6.08 Å². The third kappa shape index (κ3) is 4.99. The number of rotatable bonds is 6. The number of amides is 2. The summed E-state index contributed by atoms with van der Waals surface area (Å²) in [6, 6.07) is 8.61. The Morgan fingerprint density at radius 1 is 1.27 bits per heavy atom. The van der Waals surface area contributed by atoms with Gasteiger partial charge in [-0.15, -0.1) is 0 Å². The van der Waals surface area contributed by atoms with E-state index in [1.165, 1.54) is 29.2 Å². The lowest BCUT2D eigenvalue weighted by atomic mass is 10.2. The Kier molecular flexibility index (Phi) is 6.43. The van der Waals surface area contributed by atoms with Crippen molar-refractivity contribution in [1.29, 1.82) is 0 Å². The van der Waals surface area contributed by atoms with Crippen LogP contribution >= 0.6 is 24.0 Å². The first kappa shape index (κ1) is 21.4. The number of hydrogen-bond acceptors (Lipinski definition) is 7. The first-order valence-corrected chi connectivity index (χ1v) is 9.73. The molecular formula is C19H13FN3O5S2-. The summed E-state index contributed by atoms with van der Waals surface area (Å²) in [5, 5.41) is 24.9. The molecule has 2 aromatic rings. The minimum Gasteiger partial charge on any atom is -0.871 e. The van der Waals surface area contributed by atoms with Crippen molar-refractivity contribution in [3.05, 3.63) is 68.9 Å². The number of halogens is 1. The number of nitrogens with zero attached hydrogens (tertiary/aromatic N) is 2. The molecular weight excluding hydrogens is 433 g/mol. The molecule has 1 N–H and O–H groups in total. The molecule has 3 rings (SSSR count). The molecule has 1 saturated heterocycles. The zero-order valence-electron chi connectivity index (χ0n) is 15.2. The average Bonchev–Trinajstić information content (AvgIpc) is 2.96. The third-order valence-electron chi connectivity index (χ3n) is 4.05. The molecule has 0 saturated carbocycles. The van der Waals surface area contributed by atoms with Crippen molar-refractivity contribution in [2.45, 2.75) is 6.42 Å². The van der Waals surface area contributed by atoms with E-state index in [-0.39, 0.29) is 34.6 Å². The topological polar surface area (TPSA) is 116 Å². The normalized spacial score (nSPS) is 15.0. The summed E-state index contributed by atoms with van der Waals surface area (Å²) in [5.41, 5.74) is 0.0897. The number of carbonyl (C=O) groups excluding carboxylic acids is 2. The number of benzene rings is 2. The maximum atomic E-state index is 13.0. The summed E-state index contributed by atoms with van der Waals surface area (Å²) >= 11 is 6.25. The molecule has 11 heteroatoms. The van der Waals surface area contributed by atoms with E-state index in [1.807, 2.05) is 0 Å². The lowest BCUT2D eigenvalue weighted by molar-refractivity contribution is -0.385. The lowest BCUT2D eigenvalue weighted by Crippen LogP contribution is -2.31. The van der Waals surface area contributed by atoms with Crippen molar-refractivity contribution in [3.63, 3.8) is 0 Å². The summed E-state index contributed by atoms with van der Waals surface area (Å²) in [4.78, 5) is 36.4. The fourth-order valence-electron chi connectivity index (χ4n) is 2.56. The number of carbonyl (C=O) groups is 2. The Balaban J connectivity index is 1.63. The standard InChI is InChI=1S/C19H14FN3O5S2/c20-12-3-1-11(2-4-12)9-16-18(26)22(19(29)30-16)8-7-17(25)21-14-10-13(23(27)28)5-6-15(14)24/h1-6,9-10,24H,7-8H2,(H,21,25)/p-1/b16-9+.